The molecule has 0 aromatic carbocycles. The SMILES string of the molecule is CNC(C)CCCC1(O)CCCCC1. The highest BCUT2D eigenvalue weighted by atomic mass is 16.3. The van der Waals surface area contributed by atoms with Crippen LogP contribution in [0.3, 0.4) is 0 Å². The third kappa shape index (κ3) is 3.97. The molecule has 0 heterocycles. The highest BCUT2D eigenvalue weighted by Gasteiger charge is 2.28. The first-order chi connectivity index (χ1) is 6.66. The van der Waals surface area contributed by atoms with Crippen LogP contribution in [0.1, 0.15) is 58.3 Å². The zero-order valence-electron chi connectivity index (χ0n) is 9.68. The molecule has 1 aliphatic carbocycles. The summed E-state index contributed by atoms with van der Waals surface area (Å²) in [6.07, 6.45) is 9.14. The first-order valence-electron chi connectivity index (χ1n) is 6.06. The van der Waals surface area contributed by atoms with E-state index in [1.807, 2.05) is 7.05 Å². The van der Waals surface area contributed by atoms with E-state index in [4.69, 9.17) is 0 Å². The Kier molecular flexibility index (Phi) is 4.90. The average molecular weight is 199 g/mol. The molecule has 2 heteroatoms. The maximum Gasteiger partial charge on any atom is 0.0647 e. The summed E-state index contributed by atoms with van der Waals surface area (Å²) in [7, 11) is 2.00. The van der Waals surface area contributed by atoms with Crippen LogP contribution in [0, 0.1) is 0 Å². The number of hydrogen-bond acceptors (Lipinski definition) is 2. The van der Waals surface area contributed by atoms with Crippen LogP contribution in [-0.4, -0.2) is 23.8 Å². The van der Waals surface area contributed by atoms with Crippen LogP contribution >= 0.6 is 0 Å². The van der Waals surface area contributed by atoms with E-state index >= 15 is 0 Å². The molecule has 0 aromatic rings. The molecule has 0 aliphatic heterocycles. The van der Waals surface area contributed by atoms with Gasteiger partial charge in [0.25, 0.3) is 0 Å². The molecular weight excluding hydrogens is 174 g/mol. The maximum absolute atomic E-state index is 10.2. The minimum absolute atomic E-state index is 0.314. The van der Waals surface area contributed by atoms with E-state index in [2.05, 4.69) is 12.2 Å². The van der Waals surface area contributed by atoms with Crippen LogP contribution in [0.4, 0.5) is 0 Å². The Morgan fingerprint density at radius 3 is 2.50 bits per heavy atom. The van der Waals surface area contributed by atoms with E-state index in [0.717, 1.165) is 25.7 Å². The summed E-state index contributed by atoms with van der Waals surface area (Å²) in [6.45, 7) is 2.20. The van der Waals surface area contributed by atoms with Gasteiger partial charge in [0.05, 0.1) is 5.60 Å². The molecule has 84 valence electrons. The molecule has 1 aliphatic rings. The zero-order valence-corrected chi connectivity index (χ0v) is 9.68. The molecule has 2 nitrogen and oxygen atoms in total. The third-order valence-electron chi connectivity index (χ3n) is 3.56. The van der Waals surface area contributed by atoms with Crippen molar-refractivity contribution in [1.29, 1.82) is 0 Å². The van der Waals surface area contributed by atoms with Gasteiger partial charge in [-0.25, -0.2) is 0 Å². The molecule has 1 atom stereocenters. The second kappa shape index (κ2) is 5.72. The van der Waals surface area contributed by atoms with Gasteiger partial charge in [0.15, 0.2) is 0 Å². The largest absolute Gasteiger partial charge is 0.390 e. The maximum atomic E-state index is 10.2. The minimum Gasteiger partial charge on any atom is -0.390 e. The molecule has 0 aromatic heterocycles. The number of rotatable bonds is 5. The summed E-state index contributed by atoms with van der Waals surface area (Å²) >= 11 is 0. The smallest absolute Gasteiger partial charge is 0.0647 e. The van der Waals surface area contributed by atoms with Gasteiger partial charge in [0.2, 0.25) is 0 Å². The van der Waals surface area contributed by atoms with Crippen LogP contribution in [0.5, 0.6) is 0 Å². The minimum atomic E-state index is -0.314. The van der Waals surface area contributed by atoms with E-state index in [9.17, 15) is 5.11 Å². The fourth-order valence-electron chi connectivity index (χ4n) is 2.34. The predicted octanol–water partition coefficient (Wildman–Crippen LogP) is 2.46. The van der Waals surface area contributed by atoms with Crippen LogP contribution < -0.4 is 5.32 Å². The van der Waals surface area contributed by atoms with Crippen molar-refractivity contribution in [3.8, 4) is 0 Å². The van der Waals surface area contributed by atoms with Gasteiger partial charge in [-0.2, -0.15) is 0 Å². The Labute approximate surface area is 88.1 Å². The number of aliphatic hydroxyl groups is 1. The normalized spacial score (nSPS) is 23.4. The van der Waals surface area contributed by atoms with Crippen LogP contribution in [0.2, 0.25) is 0 Å². The molecule has 14 heavy (non-hydrogen) atoms. The highest BCUT2D eigenvalue weighted by Crippen LogP contribution is 2.32. The topological polar surface area (TPSA) is 32.3 Å². The third-order valence-corrected chi connectivity index (χ3v) is 3.56. The van der Waals surface area contributed by atoms with Crippen molar-refractivity contribution in [2.24, 2.45) is 0 Å². The number of nitrogens with one attached hydrogen (secondary N) is 1. The lowest BCUT2D eigenvalue weighted by atomic mass is 9.81. The van der Waals surface area contributed by atoms with Crippen molar-refractivity contribution < 1.29 is 5.11 Å². The van der Waals surface area contributed by atoms with Crippen molar-refractivity contribution in [2.75, 3.05) is 7.05 Å². The van der Waals surface area contributed by atoms with Crippen LogP contribution in [0.15, 0.2) is 0 Å². The van der Waals surface area contributed by atoms with Crippen molar-refractivity contribution >= 4 is 0 Å². The summed E-state index contributed by atoms with van der Waals surface area (Å²) in [6, 6.07) is 0.585. The average Bonchev–Trinajstić information content (AvgIpc) is 2.18. The Balaban J connectivity index is 2.15. The van der Waals surface area contributed by atoms with E-state index in [-0.39, 0.29) is 5.60 Å². The lowest BCUT2D eigenvalue weighted by molar-refractivity contribution is -0.00613. The molecule has 0 saturated heterocycles. The van der Waals surface area contributed by atoms with E-state index in [0.29, 0.717) is 6.04 Å². The molecular formula is C12H25NO. The molecule has 0 spiro atoms. The summed E-state index contributed by atoms with van der Waals surface area (Å²) in [5.41, 5.74) is -0.314. The molecule has 2 N–H and O–H groups in total. The fraction of sp³-hybridized carbons (Fsp3) is 1.00. The molecule has 1 unspecified atom stereocenters. The monoisotopic (exact) mass is 199 g/mol. The molecule has 1 fully saturated rings. The molecule has 0 amide bonds. The number of hydrogen-bond donors (Lipinski definition) is 2. The zero-order chi connectivity index (χ0) is 10.4. The van der Waals surface area contributed by atoms with E-state index < -0.39 is 0 Å². The van der Waals surface area contributed by atoms with Gasteiger partial charge in [-0.15, -0.1) is 0 Å². The summed E-state index contributed by atoms with van der Waals surface area (Å²) in [5.74, 6) is 0. The first kappa shape index (κ1) is 12.0. The van der Waals surface area contributed by atoms with Crippen molar-refractivity contribution in [2.45, 2.75) is 69.9 Å². The van der Waals surface area contributed by atoms with Gasteiger partial charge < -0.3 is 10.4 Å². The summed E-state index contributed by atoms with van der Waals surface area (Å²) < 4.78 is 0. The molecule has 1 rings (SSSR count). The van der Waals surface area contributed by atoms with E-state index in [1.165, 1.54) is 25.7 Å². The second-order valence-electron chi connectivity index (χ2n) is 4.87. The predicted molar refractivity (Wildman–Crippen MR) is 60.4 cm³/mol. The Hall–Kier alpha value is -0.0800. The molecule has 0 radical (unpaired) electrons. The van der Waals surface area contributed by atoms with Gasteiger partial charge in [-0.3, -0.25) is 0 Å². The van der Waals surface area contributed by atoms with Crippen LogP contribution in [0.25, 0.3) is 0 Å². The lowest BCUT2D eigenvalue weighted by Crippen LogP contribution is -2.31. The lowest BCUT2D eigenvalue weighted by Gasteiger charge is -2.32. The van der Waals surface area contributed by atoms with Gasteiger partial charge >= 0.3 is 0 Å². The van der Waals surface area contributed by atoms with E-state index in [1.54, 1.807) is 0 Å². The Morgan fingerprint density at radius 1 is 1.29 bits per heavy atom. The summed E-state index contributed by atoms with van der Waals surface area (Å²) in [5, 5.41) is 13.5. The van der Waals surface area contributed by atoms with Crippen molar-refractivity contribution in [1.82, 2.24) is 5.32 Å². The first-order valence-corrected chi connectivity index (χ1v) is 6.06. The Bertz CT molecular complexity index is 152. The fourth-order valence-corrected chi connectivity index (χ4v) is 2.34. The van der Waals surface area contributed by atoms with Crippen molar-refractivity contribution in [3.05, 3.63) is 0 Å². The summed E-state index contributed by atoms with van der Waals surface area (Å²) in [4.78, 5) is 0. The van der Waals surface area contributed by atoms with Crippen molar-refractivity contribution in [3.63, 3.8) is 0 Å². The van der Waals surface area contributed by atoms with Crippen LogP contribution in [-0.2, 0) is 0 Å². The van der Waals surface area contributed by atoms with Gasteiger partial charge in [-0.05, 0) is 46.1 Å². The van der Waals surface area contributed by atoms with Gasteiger partial charge in [0.1, 0.15) is 0 Å². The molecule has 0 bridgehead atoms. The quantitative estimate of drug-likeness (QED) is 0.713. The Morgan fingerprint density at radius 2 is 1.93 bits per heavy atom. The van der Waals surface area contributed by atoms with Gasteiger partial charge in [0, 0.05) is 6.04 Å². The molecule has 1 saturated carbocycles. The standard InChI is InChI=1S/C12H25NO/c1-11(13-2)7-6-10-12(14)8-4-3-5-9-12/h11,13-14H,3-10H2,1-2H3. The second-order valence-corrected chi connectivity index (χ2v) is 4.87. The highest BCUT2D eigenvalue weighted by molar-refractivity contribution is 4.82. The van der Waals surface area contributed by atoms with Gasteiger partial charge in [-0.1, -0.05) is 19.3 Å².